The van der Waals surface area contributed by atoms with E-state index in [2.05, 4.69) is 36.4 Å². The van der Waals surface area contributed by atoms with Crippen molar-refractivity contribution < 1.29 is 4.42 Å². The zero-order valence-corrected chi connectivity index (χ0v) is 19.3. The Balaban J connectivity index is 1.41. The smallest absolute Gasteiger partial charge is 0.266 e. The van der Waals surface area contributed by atoms with E-state index in [4.69, 9.17) is 9.40 Å². The SMILES string of the molecule is O=c1c2ccccc2nc(-c2ccc(-c3cccc4c3oc3ccccc34)cc2)n1-c1ccccc1. The van der Waals surface area contributed by atoms with Gasteiger partial charge < -0.3 is 4.42 Å². The largest absolute Gasteiger partial charge is 0.455 e. The molecule has 7 rings (SSSR count). The van der Waals surface area contributed by atoms with Gasteiger partial charge in [-0.3, -0.25) is 9.36 Å². The monoisotopic (exact) mass is 464 g/mol. The molecule has 0 saturated heterocycles. The maximum atomic E-state index is 13.6. The number of rotatable bonds is 3. The molecule has 0 unspecified atom stereocenters. The third kappa shape index (κ3) is 3.16. The van der Waals surface area contributed by atoms with Crippen molar-refractivity contribution in [1.82, 2.24) is 9.55 Å². The van der Waals surface area contributed by atoms with Crippen LogP contribution in [-0.4, -0.2) is 9.55 Å². The Morgan fingerprint density at radius 1 is 0.583 bits per heavy atom. The third-order valence-corrected chi connectivity index (χ3v) is 6.65. The zero-order chi connectivity index (χ0) is 24.1. The Hall–Kier alpha value is -4.96. The molecule has 0 amide bonds. The molecule has 0 fully saturated rings. The number of para-hydroxylation sites is 4. The lowest BCUT2D eigenvalue weighted by Crippen LogP contribution is -2.21. The van der Waals surface area contributed by atoms with E-state index in [9.17, 15) is 4.79 Å². The van der Waals surface area contributed by atoms with E-state index in [1.807, 2.05) is 84.9 Å². The van der Waals surface area contributed by atoms with Gasteiger partial charge in [0.05, 0.1) is 16.6 Å². The fraction of sp³-hybridized carbons (Fsp3) is 0. The summed E-state index contributed by atoms with van der Waals surface area (Å²) in [5.41, 5.74) is 6.06. The van der Waals surface area contributed by atoms with Gasteiger partial charge in [0.1, 0.15) is 17.0 Å². The number of furan rings is 1. The predicted molar refractivity (Wildman–Crippen MR) is 145 cm³/mol. The second-order valence-electron chi connectivity index (χ2n) is 8.79. The highest BCUT2D eigenvalue weighted by Gasteiger charge is 2.16. The van der Waals surface area contributed by atoms with Crippen molar-refractivity contribution >= 4 is 32.8 Å². The van der Waals surface area contributed by atoms with Crippen molar-refractivity contribution in [3.05, 3.63) is 132 Å². The van der Waals surface area contributed by atoms with E-state index in [1.54, 1.807) is 4.57 Å². The van der Waals surface area contributed by atoms with Crippen LogP contribution in [-0.2, 0) is 0 Å². The highest BCUT2D eigenvalue weighted by molar-refractivity contribution is 6.09. The number of hydrogen-bond acceptors (Lipinski definition) is 3. The van der Waals surface area contributed by atoms with Gasteiger partial charge in [-0.25, -0.2) is 4.98 Å². The molecule has 0 atom stereocenters. The molecule has 2 aromatic heterocycles. The first-order chi connectivity index (χ1) is 17.8. The standard InChI is InChI=1S/C32H20N2O2/c35-32-27-12-4-6-15-28(27)33-31(34(32)23-9-2-1-3-10-23)22-19-17-21(18-20-22)24-13-8-14-26-25-11-5-7-16-29(25)36-30(24)26/h1-20H. The molecule has 0 aliphatic rings. The minimum Gasteiger partial charge on any atom is -0.455 e. The van der Waals surface area contributed by atoms with Gasteiger partial charge in [0.2, 0.25) is 0 Å². The van der Waals surface area contributed by atoms with Gasteiger partial charge in [-0.2, -0.15) is 0 Å². The molecule has 0 radical (unpaired) electrons. The maximum absolute atomic E-state index is 13.6. The first kappa shape index (κ1) is 20.4. The van der Waals surface area contributed by atoms with Crippen LogP contribution in [0.25, 0.3) is 61.0 Å². The first-order valence-electron chi connectivity index (χ1n) is 11.9. The molecule has 0 saturated carbocycles. The highest BCUT2D eigenvalue weighted by atomic mass is 16.3. The molecule has 0 bridgehead atoms. The predicted octanol–water partition coefficient (Wildman–Crippen LogP) is 7.62. The van der Waals surface area contributed by atoms with E-state index >= 15 is 0 Å². The highest BCUT2D eigenvalue weighted by Crippen LogP contribution is 2.36. The molecule has 170 valence electrons. The van der Waals surface area contributed by atoms with Crippen molar-refractivity contribution in [2.75, 3.05) is 0 Å². The summed E-state index contributed by atoms with van der Waals surface area (Å²) in [6.07, 6.45) is 0. The van der Waals surface area contributed by atoms with E-state index in [-0.39, 0.29) is 5.56 Å². The van der Waals surface area contributed by atoms with Crippen molar-refractivity contribution in [1.29, 1.82) is 0 Å². The average Bonchev–Trinajstić information content (AvgIpc) is 3.33. The van der Waals surface area contributed by atoms with Crippen molar-refractivity contribution in [3.8, 4) is 28.2 Å². The minimum absolute atomic E-state index is 0.0853. The second kappa shape index (κ2) is 8.07. The molecule has 0 aliphatic carbocycles. The number of fused-ring (bicyclic) bond motifs is 4. The summed E-state index contributed by atoms with van der Waals surface area (Å²) < 4.78 is 7.93. The summed E-state index contributed by atoms with van der Waals surface area (Å²) in [4.78, 5) is 18.5. The van der Waals surface area contributed by atoms with Crippen LogP contribution in [0, 0.1) is 0 Å². The van der Waals surface area contributed by atoms with E-state index in [0.717, 1.165) is 44.3 Å². The molecular weight excluding hydrogens is 444 g/mol. The van der Waals surface area contributed by atoms with Crippen molar-refractivity contribution in [2.45, 2.75) is 0 Å². The summed E-state index contributed by atoms with van der Waals surface area (Å²) in [5, 5.41) is 2.80. The zero-order valence-electron chi connectivity index (χ0n) is 19.3. The molecule has 5 aromatic carbocycles. The van der Waals surface area contributed by atoms with Crippen LogP contribution >= 0.6 is 0 Å². The number of nitrogens with zero attached hydrogens (tertiary/aromatic N) is 2. The Kier molecular flexibility index (Phi) is 4.57. The van der Waals surface area contributed by atoms with E-state index in [0.29, 0.717) is 16.7 Å². The normalized spacial score (nSPS) is 11.4. The van der Waals surface area contributed by atoms with Crippen molar-refractivity contribution in [2.24, 2.45) is 0 Å². The first-order valence-corrected chi connectivity index (χ1v) is 11.9. The van der Waals surface area contributed by atoms with Crippen LogP contribution < -0.4 is 5.56 Å². The molecule has 4 nitrogen and oxygen atoms in total. The Morgan fingerprint density at radius 3 is 2.08 bits per heavy atom. The summed E-state index contributed by atoms with van der Waals surface area (Å²) >= 11 is 0. The van der Waals surface area contributed by atoms with Gasteiger partial charge >= 0.3 is 0 Å². The topological polar surface area (TPSA) is 48.0 Å². The molecule has 0 spiro atoms. The lowest BCUT2D eigenvalue weighted by Gasteiger charge is -2.14. The average molecular weight is 465 g/mol. The lowest BCUT2D eigenvalue weighted by molar-refractivity contribution is 0.670. The van der Waals surface area contributed by atoms with Gasteiger partial charge in [0.15, 0.2) is 0 Å². The molecular formula is C32H20N2O2. The fourth-order valence-corrected chi connectivity index (χ4v) is 4.92. The van der Waals surface area contributed by atoms with Gasteiger partial charge in [0, 0.05) is 21.9 Å². The van der Waals surface area contributed by atoms with Crippen molar-refractivity contribution in [3.63, 3.8) is 0 Å². The number of hydrogen-bond donors (Lipinski definition) is 0. The van der Waals surface area contributed by atoms with Crippen LogP contribution in [0.5, 0.6) is 0 Å². The van der Waals surface area contributed by atoms with E-state index in [1.165, 1.54) is 0 Å². The van der Waals surface area contributed by atoms with Gasteiger partial charge in [-0.05, 0) is 35.9 Å². The maximum Gasteiger partial charge on any atom is 0.266 e. The van der Waals surface area contributed by atoms with Crippen LogP contribution in [0.3, 0.4) is 0 Å². The Labute approximate surface area is 206 Å². The molecule has 2 heterocycles. The molecule has 0 aliphatic heterocycles. The van der Waals surface area contributed by atoms with Crippen LogP contribution in [0.4, 0.5) is 0 Å². The van der Waals surface area contributed by atoms with Gasteiger partial charge in [-0.15, -0.1) is 0 Å². The van der Waals surface area contributed by atoms with Gasteiger partial charge in [0.25, 0.3) is 5.56 Å². The van der Waals surface area contributed by atoms with E-state index < -0.39 is 0 Å². The summed E-state index contributed by atoms with van der Waals surface area (Å²) in [5.74, 6) is 0.610. The Bertz CT molecular complexity index is 1950. The number of benzene rings is 5. The second-order valence-corrected chi connectivity index (χ2v) is 8.79. The molecule has 0 N–H and O–H groups in total. The van der Waals surface area contributed by atoms with Gasteiger partial charge in [-0.1, -0.05) is 91.0 Å². The third-order valence-electron chi connectivity index (χ3n) is 6.65. The van der Waals surface area contributed by atoms with Crippen LogP contribution in [0.2, 0.25) is 0 Å². The van der Waals surface area contributed by atoms with Crippen LogP contribution in [0.1, 0.15) is 0 Å². The summed E-state index contributed by atoms with van der Waals surface area (Å²) in [6.45, 7) is 0. The lowest BCUT2D eigenvalue weighted by atomic mass is 10.0. The Morgan fingerprint density at radius 2 is 1.25 bits per heavy atom. The molecule has 36 heavy (non-hydrogen) atoms. The van der Waals surface area contributed by atoms with Crippen LogP contribution in [0.15, 0.2) is 131 Å². The minimum atomic E-state index is -0.0853. The quantitative estimate of drug-likeness (QED) is 0.270. The molecule has 4 heteroatoms. The summed E-state index contributed by atoms with van der Waals surface area (Å²) in [6, 6.07) is 39.6. The summed E-state index contributed by atoms with van der Waals surface area (Å²) in [7, 11) is 0. The number of aromatic nitrogens is 2. The molecule has 7 aromatic rings. The fourth-order valence-electron chi connectivity index (χ4n) is 4.92.